The van der Waals surface area contributed by atoms with E-state index in [0.717, 1.165) is 12.8 Å². The van der Waals surface area contributed by atoms with E-state index in [2.05, 4.69) is 38.2 Å². The first-order chi connectivity index (χ1) is 7.67. The van der Waals surface area contributed by atoms with Crippen molar-refractivity contribution in [3.05, 3.63) is 35.4 Å². The highest BCUT2D eigenvalue weighted by atomic mass is 16.1. The third-order valence-electron chi connectivity index (χ3n) is 2.91. The fourth-order valence-corrected chi connectivity index (χ4v) is 1.82. The molecule has 0 fully saturated rings. The van der Waals surface area contributed by atoms with E-state index in [-0.39, 0.29) is 11.8 Å². The Kier molecular flexibility index (Phi) is 5.03. The first-order valence-corrected chi connectivity index (χ1v) is 6.00. The maximum atomic E-state index is 11.8. The van der Waals surface area contributed by atoms with Crippen molar-refractivity contribution < 1.29 is 4.79 Å². The van der Waals surface area contributed by atoms with Crippen molar-refractivity contribution in [1.29, 1.82) is 0 Å². The van der Waals surface area contributed by atoms with Gasteiger partial charge in [-0.2, -0.15) is 0 Å². The number of aryl methyl sites for hydroxylation is 1. The number of amides is 1. The number of benzene rings is 1. The van der Waals surface area contributed by atoms with Crippen LogP contribution in [0.5, 0.6) is 0 Å². The highest BCUT2D eigenvalue weighted by Crippen LogP contribution is 2.08. The Hall–Kier alpha value is -1.31. The standard InChI is InChI=1S/C14H21NO/c1-4-13(5-2)14(16)15-10-12-8-6-7-11(3)9-12/h6-9,13H,4-5,10H2,1-3H3,(H,15,16). The molecule has 0 bridgehead atoms. The lowest BCUT2D eigenvalue weighted by Crippen LogP contribution is -2.29. The highest BCUT2D eigenvalue weighted by Gasteiger charge is 2.12. The smallest absolute Gasteiger partial charge is 0.223 e. The first-order valence-electron chi connectivity index (χ1n) is 6.00. The van der Waals surface area contributed by atoms with Gasteiger partial charge >= 0.3 is 0 Å². The summed E-state index contributed by atoms with van der Waals surface area (Å²) in [5, 5.41) is 2.99. The molecule has 0 saturated heterocycles. The van der Waals surface area contributed by atoms with Gasteiger partial charge in [-0.3, -0.25) is 4.79 Å². The molecule has 0 radical (unpaired) electrons. The minimum absolute atomic E-state index is 0.157. The quantitative estimate of drug-likeness (QED) is 0.810. The average molecular weight is 219 g/mol. The lowest BCUT2D eigenvalue weighted by atomic mass is 10.0. The van der Waals surface area contributed by atoms with Gasteiger partial charge in [0.25, 0.3) is 0 Å². The molecule has 1 aromatic rings. The fourth-order valence-electron chi connectivity index (χ4n) is 1.82. The average Bonchev–Trinajstić information content (AvgIpc) is 2.28. The normalized spacial score (nSPS) is 10.5. The molecule has 0 aliphatic heterocycles. The lowest BCUT2D eigenvalue weighted by Gasteiger charge is -2.12. The number of carbonyl (C=O) groups excluding carboxylic acids is 1. The van der Waals surface area contributed by atoms with Crippen LogP contribution in [-0.2, 0) is 11.3 Å². The number of carbonyl (C=O) groups is 1. The zero-order chi connectivity index (χ0) is 12.0. The van der Waals surface area contributed by atoms with Crippen LogP contribution < -0.4 is 5.32 Å². The molecule has 2 heteroatoms. The van der Waals surface area contributed by atoms with Crippen molar-refractivity contribution in [3.8, 4) is 0 Å². The molecular formula is C14H21NO. The molecule has 0 atom stereocenters. The minimum atomic E-state index is 0.157. The molecule has 0 unspecified atom stereocenters. The van der Waals surface area contributed by atoms with Crippen LogP contribution in [0.15, 0.2) is 24.3 Å². The van der Waals surface area contributed by atoms with Crippen LogP contribution in [-0.4, -0.2) is 5.91 Å². The topological polar surface area (TPSA) is 29.1 Å². The molecule has 1 rings (SSSR count). The second-order valence-electron chi connectivity index (χ2n) is 4.22. The third kappa shape index (κ3) is 3.69. The van der Waals surface area contributed by atoms with E-state index >= 15 is 0 Å². The summed E-state index contributed by atoms with van der Waals surface area (Å²) in [5.74, 6) is 0.330. The Morgan fingerprint density at radius 2 is 2.00 bits per heavy atom. The van der Waals surface area contributed by atoms with E-state index in [9.17, 15) is 4.79 Å². The Balaban J connectivity index is 2.48. The minimum Gasteiger partial charge on any atom is -0.352 e. The van der Waals surface area contributed by atoms with Crippen LogP contribution in [0, 0.1) is 12.8 Å². The van der Waals surface area contributed by atoms with Gasteiger partial charge in [0.2, 0.25) is 5.91 Å². The zero-order valence-electron chi connectivity index (χ0n) is 10.4. The Morgan fingerprint density at radius 3 is 2.56 bits per heavy atom. The second-order valence-corrected chi connectivity index (χ2v) is 4.22. The van der Waals surface area contributed by atoms with Gasteiger partial charge in [-0.1, -0.05) is 43.7 Å². The Labute approximate surface area is 98.1 Å². The molecule has 0 aromatic heterocycles. The largest absolute Gasteiger partial charge is 0.352 e. The monoisotopic (exact) mass is 219 g/mol. The van der Waals surface area contributed by atoms with Gasteiger partial charge in [-0.05, 0) is 25.3 Å². The summed E-state index contributed by atoms with van der Waals surface area (Å²) < 4.78 is 0. The van der Waals surface area contributed by atoms with Crippen molar-refractivity contribution in [2.75, 3.05) is 0 Å². The number of hydrogen-bond donors (Lipinski definition) is 1. The molecule has 0 saturated carbocycles. The van der Waals surface area contributed by atoms with E-state index in [1.165, 1.54) is 11.1 Å². The van der Waals surface area contributed by atoms with Gasteiger partial charge in [0.1, 0.15) is 0 Å². The van der Waals surface area contributed by atoms with Crippen molar-refractivity contribution in [1.82, 2.24) is 5.32 Å². The maximum Gasteiger partial charge on any atom is 0.223 e. The van der Waals surface area contributed by atoms with Crippen LogP contribution >= 0.6 is 0 Å². The fraction of sp³-hybridized carbons (Fsp3) is 0.500. The summed E-state index contributed by atoms with van der Waals surface area (Å²) in [6.45, 7) is 6.81. The van der Waals surface area contributed by atoms with E-state index < -0.39 is 0 Å². The molecule has 16 heavy (non-hydrogen) atoms. The molecular weight excluding hydrogens is 198 g/mol. The predicted octanol–water partition coefficient (Wildman–Crippen LogP) is 3.05. The van der Waals surface area contributed by atoms with Gasteiger partial charge in [-0.15, -0.1) is 0 Å². The van der Waals surface area contributed by atoms with Gasteiger partial charge < -0.3 is 5.32 Å². The molecule has 0 aliphatic carbocycles. The van der Waals surface area contributed by atoms with E-state index in [1.54, 1.807) is 0 Å². The van der Waals surface area contributed by atoms with Crippen molar-refractivity contribution in [2.24, 2.45) is 5.92 Å². The summed E-state index contributed by atoms with van der Waals surface area (Å²) in [7, 11) is 0. The summed E-state index contributed by atoms with van der Waals surface area (Å²) in [6, 6.07) is 8.23. The molecule has 0 aliphatic rings. The molecule has 1 amide bonds. The summed E-state index contributed by atoms with van der Waals surface area (Å²) in [4.78, 5) is 11.8. The first kappa shape index (κ1) is 12.8. The Bertz CT molecular complexity index is 342. The number of rotatable bonds is 5. The van der Waals surface area contributed by atoms with Crippen molar-refractivity contribution >= 4 is 5.91 Å². The van der Waals surface area contributed by atoms with Crippen molar-refractivity contribution in [3.63, 3.8) is 0 Å². The van der Waals surface area contributed by atoms with Gasteiger partial charge in [0, 0.05) is 12.5 Å². The maximum absolute atomic E-state index is 11.8. The molecule has 1 N–H and O–H groups in total. The Morgan fingerprint density at radius 1 is 1.31 bits per heavy atom. The zero-order valence-corrected chi connectivity index (χ0v) is 10.4. The van der Waals surface area contributed by atoms with Crippen molar-refractivity contribution in [2.45, 2.75) is 40.2 Å². The summed E-state index contributed by atoms with van der Waals surface area (Å²) in [6.07, 6.45) is 1.83. The number of nitrogens with one attached hydrogen (secondary N) is 1. The van der Waals surface area contributed by atoms with E-state index in [0.29, 0.717) is 6.54 Å². The molecule has 88 valence electrons. The summed E-state index contributed by atoms with van der Waals surface area (Å²) in [5.41, 5.74) is 2.40. The van der Waals surface area contributed by atoms with Gasteiger partial charge in [0.05, 0.1) is 0 Å². The van der Waals surface area contributed by atoms with E-state index in [1.807, 2.05) is 12.1 Å². The van der Waals surface area contributed by atoms with Crippen LogP contribution in [0.3, 0.4) is 0 Å². The molecule has 0 heterocycles. The predicted molar refractivity (Wildman–Crippen MR) is 67.1 cm³/mol. The number of hydrogen-bond acceptors (Lipinski definition) is 1. The van der Waals surface area contributed by atoms with Gasteiger partial charge in [0.15, 0.2) is 0 Å². The van der Waals surface area contributed by atoms with Crippen LogP contribution in [0.25, 0.3) is 0 Å². The molecule has 0 spiro atoms. The van der Waals surface area contributed by atoms with Crippen LogP contribution in [0.1, 0.15) is 37.8 Å². The third-order valence-corrected chi connectivity index (χ3v) is 2.91. The van der Waals surface area contributed by atoms with E-state index in [4.69, 9.17) is 0 Å². The van der Waals surface area contributed by atoms with Crippen LogP contribution in [0.2, 0.25) is 0 Å². The molecule has 1 aromatic carbocycles. The summed E-state index contributed by atoms with van der Waals surface area (Å²) >= 11 is 0. The van der Waals surface area contributed by atoms with Gasteiger partial charge in [-0.25, -0.2) is 0 Å². The highest BCUT2D eigenvalue weighted by molar-refractivity contribution is 5.78. The lowest BCUT2D eigenvalue weighted by molar-refractivity contribution is -0.125. The van der Waals surface area contributed by atoms with Crippen LogP contribution in [0.4, 0.5) is 0 Å². The SMILES string of the molecule is CCC(CC)C(=O)NCc1cccc(C)c1. The molecule has 2 nitrogen and oxygen atoms in total. The second kappa shape index (κ2) is 6.31.